The number of nitrogens with zero attached hydrogens (tertiary/aromatic N) is 1. The molecule has 27 heavy (non-hydrogen) atoms. The number of carbonyl (C=O) groups excluding carboxylic acids is 1. The first-order valence-corrected chi connectivity index (χ1v) is 9.37. The van der Waals surface area contributed by atoms with E-state index in [1.54, 1.807) is 0 Å². The van der Waals surface area contributed by atoms with E-state index in [4.69, 9.17) is 9.47 Å². The Morgan fingerprint density at radius 3 is 2.78 bits per heavy atom. The molecule has 3 aromatic rings. The van der Waals surface area contributed by atoms with Gasteiger partial charge in [0.25, 0.3) is 0 Å². The molecule has 1 aliphatic heterocycles. The zero-order valence-corrected chi connectivity index (χ0v) is 15.0. The van der Waals surface area contributed by atoms with Crippen molar-refractivity contribution in [3.63, 3.8) is 0 Å². The predicted molar refractivity (Wildman–Crippen MR) is 102 cm³/mol. The van der Waals surface area contributed by atoms with Crippen molar-refractivity contribution in [1.82, 2.24) is 9.97 Å². The zero-order chi connectivity index (χ0) is 18.3. The van der Waals surface area contributed by atoms with Gasteiger partial charge in [-0.15, -0.1) is 0 Å². The maximum Gasteiger partial charge on any atom is 0.231 e. The summed E-state index contributed by atoms with van der Waals surface area (Å²) in [5, 5.41) is 3.09. The van der Waals surface area contributed by atoms with Crippen molar-refractivity contribution >= 4 is 22.6 Å². The molecular weight excluding hydrogens is 342 g/mol. The summed E-state index contributed by atoms with van der Waals surface area (Å²) in [6, 6.07) is 13.5. The molecule has 138 valence electrons. The minimum Gasteiger partial charge on any atom is -0.454 e. The lowest BCUT2D eigenvalue weighted by atomic mass is 9.81. The van der Waals surface area contributed by atoms with Gasteiger partial charge in [0.15, 0.2) is 11.5 Å². The SMILES string of the molecule is O=C(Nc1ccc2c(c1)OCO2)C1(Cc2nc3ccccc3[nH]2)CCCC1. The third-order valence-corrected chi connectivity index (χ3v) is 5.62. The number of nitrogens with one attached hydrogen (secondary N) is 2. The van der Waals surface area contributed by atoms with E-state index in [0.717, 1.165) is 48.2 Å². The van der Waals surface area contributed by atoms with Gasteiger partial charge < -0.3 is 19.8 Å². The Kier molecular flexibility index (Phi) is 3.77. The van der Waals surface area contributed by atoms with Crippen LogP contribution in [0.2, 0.25) is 0 Å². The lowest BCUT2D eigenvalue weighted by Crippen LogP contribution is -2.36. The molecule has 0 atom stereocenters. The average molecular weight is 363 g/mol. The summed E-state index contributed by atoms with van der Waals surface area (Å²) in [7, 11) is 0. The van der Waals surface area contributed by atoms with Crippen LogP contribution in [0.1, 0.15) is 31.5 Å². The lowest BCUT2D eigenvalue weighted by molar-refractivity contribution is -0.125. The van der Waals surface area contributed by atoms with Crippen molar-refractivity contribution in [2.24, 2.45) is 5.41 Å². The number of imidazole rings is 1. The molecule has 1 amide bonds. The molecular formula is C21H21N3O3. The van der Waals surface area contributed by atoms with Crippen LogP contribution in [0.5, 0.6) is 11.5 Å². The highest BCUT2D eigenvalue weighted by Crippen LogP contribution is 2.42. The Labute approximate surface area is 156 Å². The Morgan fingerprint density at radius 1 is 1.11 bits per heavy atom. The molecule has 1 aliphatic carbocycles. The van der Waals surface area contributed by atoms with Gasteiger partial charge in [-0.05, 0) is 37.1 Å². The Morgan fingerprint density at radius 2 is 1.93 bits per heavy atom. The number of anilines is 1. The van der Waals surface area contributed by atoms with Crippen molar-refractivity contribution in [1.29, 1.82) is 0 Å². The number of H-pyrrole nitrogens is 1. The second kappa shape index (κ2) is 6.30. The molecule has 0 saturated heterocycles. The number of ether oxygens (including phenoxy) is 2. The van der Waals surface area contributed by atoms with E-state index in [1.807, 2.05) is 42.5 Å². The highest BCUT2D eigenvalue weighted by Gasteiger charge is 2.42. The summed E-state index contributed by atoms with van der Waals surface area (Å²) in [5.41, 5.74) is 2.26. The van der Waals surface area contributed by atoms with E-state index in [1.165, 1.54) is 0 Å². The van der Waals surface area contributed by atoms with Gasteiger partial charge in [-0.3, -0.25) is 4.79 Å². The first-order valence-electron chi connectivity index (χ1n) is 9.37. The highest BCUT2D eigenvalue weighted by molar-refractivity contribution is 5.96. The van der Waals surface area contributed by atoms with E-state index in [-0.39, 0.29) is 12.7 Å². The maximum atomic E-state index is 13.2. The van der Waals surface area contributed by atoms with Crippen LogP contribution >= 0.6 is 0 Å². The fraction of sp³-hybridized carbons (Fsp3) is 0.333. The van der Waals surface area contributed by atoms with Gasteiger partial charge in [0.2, 0.25) is 12.7 Å². The van der Waals surface area contributed by atoms with E-state index in [2.05, 4.69) is 15.3 Å². The zero-order valence-electron chi connectivity index (χ0n) is 15.0. The van der Waals surface area contributed by atoms with E-state index in [9.17, 15) is 4.79 Å². The first-order chi connectivity index (χ1) is 13.2. The molecule has 5 rings (SSSR count). The molecule has 1 saturated carbocycles. The quantitative estimate of drug-likeness (QED) is 0.734. The Bertz CT molecular complexity index is 972. The molecule has 2 heterocycles. The van der Waals surface area contributed by atoms with Crippen LogP contribution in [0, 0.1) is 5.41 Å². The van der Waals surface area contributed by atoms with Crippen molar-refractivity contribution in [3.8, 4) is 11.5 Å². The number of benzene rings is 2. The Hall–Kier alpha value is -3.02. The minimum atomic E-state index is -0.426. The second-order valence-corrected chi connectivity index (χ2v) is 7.39. The first kappa shape index (κ1) is 16.2. The minimum absolute atomic E-state index is 0.0549. The van der Waals surface area contributed by atoms with Gasteiger partial charge in [0.05, 0.1) is 16.4 Å². The van der Waals surface area contributed by atoms with E-state index in [0.29, 0.717) is 17.9 Å². The number of amides is 1. The van der Waals surface area contributed by atoms with Crippen LogP contribution in [0.3, 0.4) is 0 Å². The van der Waals surface area contributed by atoms with E-state index < -0.39 is 5.41 Å². The van der Waals surface area contributed by atoms with Gasteiger partial charge in [0, 0.05) is 18.2 Å². The molecule has 2 N–H and O–H groups in total. The maximum absolute atomic E-state index is 13.2. The third-order valence-electron chi connectivity index (χ3n) is 5.62. The fourth-order valence-corrected chi connectivity index (χ4v) is 4.18. The summed E-state index contributed by atoms with van der Waals surface area (Å²) in [6.45, 7) is 0.225. The van der Waals surface area contributed by atoms with Gasteiger partial charge >= 0.3 is 0 Å². The normalized spacial score (nSPS) is 17.3. The number of para-hydroxylation sites is 2. The average Bonchev–Trinajstić information content (AvgIpc) is 3.40. The monoisotopic (exact) mass is 363 g/mol. The smallest absolute Gasteiger partial charge is 0.231 e. The molecule has 2 aromatic carbocycles. The number of hydrogen-bond donors (Lipinski definition) is 2. The van der Waals surface area contributed by atoms with Crippen LogP contribution in [-0.2, 0) is 11.2 Å². The van der Waals surface area contributed by atoms with Crippen molar-refractivity contribution < 1.29 is 14.3 Å². The highest BCUT2D eigenvalue weighted by atomic mass is 16.7. The van der Waals surface area contributed by atoms with Crippen LogP contribution in [0.4, 0.5) is 5.69 Å². The molecule has 1 aromatic heterocycles. The molecule has 0 unspecified atom stereocenters. The predicted octanol–water partition coefficient (Wildman–Crippen LogP) is 4.03. The van der Waals surface area contributed by atoms with Crippen molar-refractivity contribution in [2.75, 3.05) is 12.1 Å². The summed E-state index contributed by atoms with van der Waals surface area (Å²) in [4.78, 5) is 21.3. The largest absolute Gasteiger partial charge is 0.454 e. The number of hydrogen-bond acceptors (Lipinski definition) is 4. The van der Waals surface area contributed by atoms with Gasteiger partial charge in [-0.2, -0.15) is 0 Å². The van der Waals surface area contributed by atoms with Gasteiger partial charge in [-0.1, -0.05) is 25.0 Å². The molecule has 1 fully saturated rings. The summed E-state index contributed by atoms with van der Waals surface area (Å²) < 4.78 is 10.8. The van der Waals surface area contributed by atoms with E-state index >= 15 is 0 Å². The number of rotatable bonds is 4. The summed E-state index contributed by atoms with van der Waals surface area (Å²) >= 11 is 0. The van der Waals surface area contributed by atoms with Crippen LogP contribution in [-0.4, -0.2) is 22.7 Å². The number of carbonyl (C=O) groups is 1. The van der Waals surface area contributed by atoms with Crippen molar-refractivity contribution in [2.45, 2.75) is 32.1 Å². The molecule has 2 aliphatic rings. The second-order valence-electron chi connectivity index (χ2n) is 7.39. The number of aromatic nitrogens is 2. The topological polar surface area (TPSA) is 76.2 Å². The molecule has 6 heteroatoms. The lowest BCUT2D eigenvalue weighted by Gasteiger charge is -2.26. The molecule has 0 spiro atoms. The summed E-state index contributed by atoms with van der Waals surface area (Å²) in [5.74, 6) is 2.31. The van der Waals surface area contributed by atoms with Crippen molar-refractivity contribution in [3.05, 3.63) is 48.3 Å². The van der Waals surface area contributed by atoms with Crippen LogP contribution in [0.15, 0.2) is 42.5 Å². The Balaban J connectivity index is 1.39. The van der Waals surface area contributed by atoms with Crippen LogP contribution in [0.25, 0.3) is 11.0 Å². The number of aromatic amines is 1. The molecule has 0 bridgehead atoms. The molecule has 6 nitrogen and oxygen atoms in total. The summed E-state index contributed by atoms with van der Waals surface area (Å²) in [6.07, 6.45) is 4.50. The number of fused-ring (bicyclic) bond motifs is 2. The van der Waals surface area contributed by atoms with Gasteiger partial charge in [0.1, 0.15) is 5.82 Å². The standard InChI is InChI=1S/C21H21N3O3/c25-20(22-14-7-8-17-18(11-14)27-13-26-17)21(9-3-4-10-21)12-19-23-15-5-1-2-6-16(15)24-19/h1-2,5-8,11H,3-4,9-10,12-13H2,(H,22,25)(H,23,24). The molecule has 0 radical (unpaired) electrons. The third kappa shape index (κ3) is 2.91. The van der Waals surface area contributed by atoms with Crippen LogP contribution < -0.4 is 14.8 Å². The fourth-order valence-electron chi connectivity index (χ4n) is 4.18. The van der Waals surface area contributed by atoms with Gasteiger partial charge in [-0.25, -0.2) is 4.98 Å².